The van der Waals surface area contributed by atoms with E-state index in [9.17, 15) is 13.2 Å². The second-order valence-corrected chi connectivity index (χ2v) is 6.59. The Morgan fingerprint density at radius 1 is 1.19 bits per heavy atom. The predicted octanol–water partition coefficient (Wildman–Crippen LogP) is 3.64. The minimum atomic E-state index is -4.36. The molecule has 0 aliphatic rings. The van der Waals surface area contributed by atoms with Gasteiger partial charge in [-0.05, 0) is 42.5 Å². The molecule has 26 heavy (non-hydrogen) atoms. The van der Waals surface area contributed by atoms with Crippen molar-refractivity contribution in [1.29, 1.82) is 0 Å². The fraction of sp³-hybridized carbons (Fsp3) is 0.412. The van der Waals surface area contributed by atoms with Crippen LogP contribution in [0.4, 0.5) is 19.0 Å². The van der Waals surface area contributed by atoms with Crippen LogP contribution in [-0.2, 0) is 12.7 Å². The first kappa shape index (κ1) is 20.0. The first-order valence-electron chi connectivity index (χ1n) is 8.14. The highest BCUT2D eigenvalue weighted by molar-refractivity contribution is 7.10. The minimum Gasteiger partial charge on any atom is -0.370 e. The predicted molar refractivity (Wildman–Crippen MR) is 99.6 cm³/mol. The monoisotopic (exact) mass is 385 g/mol. The Morgan fingerprint density at radius 2 is 2.00 bits per heavy atom. The molecule has 0 bridgehead atoms. The van der Waals surface area contributed by atoms with E-state index in [4.69, 9.17) is 0 Å². The standard InChI is InChI=1S/C17H22F3N5S/c1-12-6-9-26-14(12)11-25-16(21-2)23-8-3-7-22-15-5-4-13(10-24-15)17(18,19)20/h4-6,9-10H,3,7-8,11H2,1-2H3,(H,22,24)(H2,21,23,25). The molecule has 0 atom stereocenters. The van der Waals surface area contributed by atoms with Gasteiger partial charge in [0.25, 0.3) is 0 Å². The zero-order chi connectivity index (χ0) is 19.0. The molecule has 2 rings (SSSR count). The summed E-state index contributed by atoms with van der Waals surface area (Å²) in [4.78, 5) is 9.21. The van der Waals surface area contributed by atoms with Gasteiger partial charge in [-0.25, -0.2) is 4.98 Å². The summed E-state index contributed by atoms with van der Waals surface area (Å²) in [5.41, 5.74) is 0.506. The topological polar surface area (TPSA) is 61.3 Å². The Hall–Kier alpha value is -2.29. The molecule has 0 saturated heterocycles. The molecule has 142 valence electrons. The summed E-state index contributed by atoms with van der Waals surface area (Å²) in [5.74, 6) is 1.14. The zero-order valence-electron chi connectivity index (χ0n) is 14.7. The Kier molecular flexibility index (Phi) is 7.26. The number of anilines is 1. The van der Waals surface area contributed by atoms with Crippen LogP contribution in [0.2, 0.25) is 0 Å². The Labute approximate surface area is 154 Å². The van der Waals surface area contributed by atoms with Gasteiger partial charge in [-0.2, -0.15) is 13.2 Å². The molecule has 0 unspecified atom stereocenters. The van der Waals surface area contributed by atoms with Crippen molar-refractivity contribution in [3.05, 3.63) is 45.8 Å². The number of alkyl halides is 3. The van der Waals surface area contributed by atoms with Crippen LogP contribution in [0.25, 0.3) is 0 Å². The Balaban J connectivity index is 1.65. The van der Waals surface area contributed by atoms with Gasteiger partial charge in [0.1, 0.15) is 5.82 Å². The van der Waals surface area contributed by atoms with Crippen LogP contribution in [0.1, 0.15) is 22.4 Å². The Morgan fingerprint density at radius 3 is 2.58 bits per heavy atom. The molecule has 0 saturated carbocycles. The number of halogens is 3. The molecule has 0 amide bonds. The number of aryl methyl sites for hydroxylation is 1. The van der Waals surface area contributed by atoms with Crippen molar-refractivity contribution in [3.63, 3.8) is 0 Å². The summed E-state index contributed by atoms with van der Waals surface area (Å²) in [5, 5.41) is 11.5. The molecule has 3 N–H and O–H groups in total. The summed E-state index contributed by atoms with van der Waals surface area (Å²) in [6.45, 7) is 4.06. The van der Waals surface area contributed by atoms with E-state index >= 15 is 0 Å². The number of hydrogen-bond acceptors (Lipinski definition) is 4. The fourth-order valence-electron chi connectivity index (χ4n) is 2.15. The maximum absolute atomic E-state index is 12.5. The van der Waals surface area contributed by atoms with Crippen LogP contribution >= 0.6 is 11.3 Å². The van der Waals surface area contributed by atoms with E-state index in [0.717, 1.165) is 25.2 Å². The Bertz CT molecular complexity index is 710. The number of rotatable bonds is 7. The highest BCUT2D eigenvalue weighted by Crippen LogP contribution is 2.28. The van der Waals surface area contributed by atoms with Crippen molar-refractivity contribution in [2.24, 2.45) is 4.99 Å². The molecule has 9 heteroatoms. The molecular formula is C17H22F3N5S. The minimum absolute atomic E-state index is 0.425. The normalized spacial score (nSPS) is 12.1. The highest BCUT2D eigenvalue weighted by Gasteiger charge is 2.30. The molecular weight excluding hydrogens is 363 g/mol. The summed E-state index contributed by atoms with van der Waals surface area (Å²) in [6.07, 6.45) is -2.76. The number of hydrogen-bond donors (Lipinski definition) is 3. The smallest absolute Gasteiger partial charge is 0.370 e. The summed E-state index contributed by atoms with van der Waals surface area (Å²) < 4.78 is 37.4. The van der Waals surface area contributed by atoms with Gasteiger partial charge in [0.15, 0.2) is 5.96 Å². The van der Waals surface area contributed by atoms with Crippen molar-refractivity contribution in [2.75, 3.05) is 25.5 Å². The van der Waals surface area contributed by atoms with Crippen LogP contribution in [0.15, 0.2) is 34.8 Å². The van der Waals surface area contributed by atoms with Gasteiger partial charge in [-0.3, -0.25) is 4.99 Å². The van der Waals surface area contributed by atoms with Crippen molar-refractivity contribution < 1.29 is 13.2 Å². The van der Waals surface area contributed by atoms with E-state index in [1.54, 1.807) is 18.4 Å². The van der Waals surface area contributed by atoms with E-state index in [-0.39, 0.29) is 0 Å². The van der Waals surface area contributed by atoms with Crippen LogP contribution in [0.5, 0.6) is 0 Å². The number of nitrogens with zero attached hydrogens (tertiary/aromatic N) is 2. The average molecular weight is 385 g/mol. The first-order chi connectivity index (χ1) is 12.4. The molecule has 5 nitrogen and oxygen atoms in total. The SMILES string of the molecule is CN=C(NCCCNc1ccc(C(F)(F)F)cn1)NCc1sccc1C. The maximum atomic E-state index is 12.5. The fourth-order valence-corrected chi connectivity index (χ4v) is 2.99. The molecule has 0 radical (unpaired) electrons. The average Bonchev–Trinajstić information content (AvgIpc) is 3.02. The largest absolute Gasteiger partial charge is 0.417 e. The van der Waals surface area contributed by atoms with Gasteiger partial charge < -0.3 is 16.0 Å². The molecule has 0 aliphatic heterocycles. The molecule has 0 aromatic carbocycles. The zero-order valence-corrected chi connectivity index (χ0v) is 15.5. The van der Waals surface area contributed by atoms with Crippen LogP contribution in [0, 0.1) is 6.92 Å². The lowest BCUT2D eigenvalue weighted by molar-refractivity contribution is -0.137. The molecule has 0 spiro atoms. The van der Waals surface area contributed by atoms with Gasteiger partial charge in [0.05, 0.1) is 12.1 Å². The van der Waals surface area contributed by atoms with Gasteiger partial charge in [0.2, 0.25) is 0 Å². The van der Waals surface area contributed by atoms with Crippen molar-refractivity contribution in [2.45, 2.75) is 26.1 Å². The number of thiophene rings is 1. The summed E-state index contributed by atoms with van der Waals surface area (Å²) in [7, 11) is 1.71. The molecule has 2 aromatic rings. The van der Waals surface area contributed by atoms with Crippen molar-refractivity contribution in [1.82, 2.24) is 15.6 Å². The van der Waals surface area contributed by atoms with Gasteiger partial charge >= 0.3 is 6.18 Å². The number of pyridine rings is 1. The number of aromatic nitrogens is 1. The van der Waals surface area contributed by atoms with Crippen molar-refractivity contribution in [3.8, 4) is 0 Å². The van der Waals surface area contributed by atoms with E-state index in [1.165, 1.54) is 16.5 Å². The third-order valence-corrected chi connectivity index (χ3v) is 4.67. The summed E-state index contributed by atoms with van der Waals surface area (Å²) >= 11 is 1.70. The third-order valence-electron chi connectivity index (χ3n) is 3.65. The maximum Gasteiger partial charge on any atom is 0.417 e. The van der Waals surface area contributed by atoms with Crippen molar-refractivity contribution >= 4 is 23.1 Å². The second kappa shape index (κ2) is 9.42. The molecule has 2 heterocycles. The first-order valence-corrected chi connectivity index (χ1v) is 9.02. The molecule has 2 aromatic heterocycles. The molecule has 0 fully saturated rings. The molecule has 0 aliphatic carbocycles. The van der Waals surface area contributed by atoms with Gasteiger partial charge in [0, 0.05) is 31.2 Å². The quantitative estimate of drug-likeness (QED) is 0.387. The lowest BCUT2D eigenvalue weighted by Gasteiger charge is -2.12. The van der Waals surface area contributed by atoms with Crippen LogP contribution < -0.4 is 16.0 Å². The number of guanidine groups is 1. The number of nitrogens with one attached hydrogen (secondary N) is 3. The van der Waals surface area contributed by atoms with E-state index in [2.05, 4.69) is 44.3 Å². The lowest BCUT2D eigenvalue weighted by Crippen LogP contribution is -2.37. The lowest BCUT2D eigenvalue weighted by atomic mass is 10.3. The van der Waals surface area contributed by atoms with Gasteiger partial charge in [-0.15, -0.1) is 11.3 Å². The van der Waals surface area contributed by atoms with E-state index in [0.29, 0.717) is 24.9 Å². The summed E-state index contributed by atoms with van der Waals surface area (Å²) in [6, 6.07) is 4.44. The second-order valence-electron chi connectivity index (χ2n) is 5.59. The van der Waals surface area contributed by atoms with Gasteiger partial charge in [-0.1, -0.05) is 0 Å². The highest BCUT2D eigenvalue weighted by atomic mass is 32.1. The van der Waals surface area contributed by atoms with E-state index < -0.39 is 11.7 Å². The third kappa shape index (κ3) is 6.21. The van der Waals surface area contributed by atoms with Crippen LogP contribution in [0.3, 0.4) is 0 Å². The van der Waals surface area contributed by atoms with Crippen LogP contribution in [-0.4, -0.2) is 31.1 Å². The number of aliphatic imine (C=N–C) groups is 1. The van der Waals surface area contributed by atoms with E-state index in [1.807, 2.05) is 0 Å².